The molecule has 4 heteroatoms. The van der Waals surface area contributed by atoms with Crippen LogP contribution in [0, 0.1) is 0 Å². The van der Waals surface area contributed by atoms with Crippen LogP contribution in [0.5, 0.6) is 5.75 Å². The number of nitrogens with one attached hydrogen (secondary N) is 2. The van der Waals surface area contributed by atoms with E-state index in [1.165, 1.54) is 5.56 Å². The van der Waals surface area contributed by atoms with E-state index in [9.17, 15) is 4.79 Å². The summed E-state index contributed by atoms with van der Waals surface area (Å²) >= 11 is 0. The third-order valence-electron chi connectivity index (χ3n) is 2.87. The first-order valence-electron chi connectivity index (χ1n) is 6.90. The molecular weight excluding hydrogens is 240 g/mol. The summed E-state index contributed by atoms with van der Waals surface area (Å²) in [5.41, 5.74) is 1.19. The Morgan fingerprint density at radius 2 is 1.95 bits per heavy atom. The van der Waals surface area contributed by atoms with E-state index in [0.717, 1.165) is 5.75 Å². The lowest BCUT2D eigenvalue weighted by molar-refractivity contribution is -0.120. The van der Waals surface area contributed by atoms with Crippen LogP contribution in [0.2, 0.25) is 0 Å². The fraction of sp³-hybridized carbons (Fsp3) is 0.533. The second-order valence-electron chi connectivity index (χ2n) is 4.38. The van der Waals surface area contributed by atoms with Crippen LogP contribution >= 0.6 is 0 Å². The molecule has 106 valence electrons. The molecular formula is C15H24N2O2. The largest absolute Gasteiger partial charge is 0.494 e. The van der Waals surface area contributed by atoms with Crippen LogP contribution in [-0.4, -0.2) is 25.6 Å². The highest BCUT2D eigenvalue weighted by atomic mass is 16.5. The summed E-state index contributed by atoms with van der Waals surface area (Å²) < 4.78 is 5.41. The molecule has 0 saturated carbocycles. The Balaban J connectivity index is 2.36. The van der Waals surface area contributed by atoms with Crippen molar-refractivity contribution in [3.05, 3.63) is 29.8 Å². The molecule has 1 aromatic carbocycles. The van der Waals surface area contributed by atoms with Crippen molar-refractivity contribution in [1.82, 2.24) is 10.6 Å². The molecule has 0 saturated heterocycles. The number of hydrogen-bond acceptors (Lipinski definition) is 3. The maximum Gasteiger partial charge on any atom is 0.221 e. The van der Waals surface area contributed by atoms with E-state index in [1.807, 2.05) is 26.0 Å². The predicted octanol–water partition coefficient (Wildman–Crippen LogP) is 2.26. The van der Waals surface area contributed by atoms with Crippen molar-refractivity contribution in [2.75, 3.05) is 19.7 Å². The van der Waals surface area contributed by atoms with Gasteiger partial charge in [-0.2, -0.15) is 0 Å². The number of hydrogen-bond donors (Lipinski definition) is 2. The van der Waals surface area contributed by atoms with E-state index in [-0.39, 0.29) is 11.9 Å². The minimum atomic E-state index is 0.0916. The second-order valence-corrected chi connectivity index (χ2v) is 4.38. The average molecular weight is 264 g/mol. The molecule has 0 aliphatic rings. The van der Waals surface area contributed by atoms with Gasteiger partial charge in [-0.3, -0.25) is 4.79 Å². The predicted molar refractivity (Wildman–Crippen MR) is 77.3 cm³/mol. The Hall–Kier alpha value is -1.55. The van der Waals surface area contributed by atoms with Gasteiger partial charge in [-0.1, -0.05) is 12.1 Å². The van der Waals surface area contributed by atoms with Crippen LogP contribution in [0.1, 0.15) is 38.8 Å². The molecule has 1 amide bonds. The zero-order valence-electron chi connectivity index (χ0n) is 12.0. The lowest BCUT2D eigenvalue weighted by Gasteiger charge is -2.14. The van der Waals surface area contributed by atoms with Gasteiger partial charge in [-0.15, -0.1) is 0 Å². The summed E-state index contributed by atoms with van der Waals surface area (Å²) in [6.45, 7) is 8.04. The van der Waals surface area contributed by atoms with Crippen LogP contribution in [0.3, 0.4) is 0 Å². The van der Waals surface area contributed by atoms with Gasteiger partial charge in [0.05, 0.1) is 6.61 Å². The van der Waals surface area contributed by atoms with Crippen molar-refractivity contribution in [2.24, 2.45) is 0 Å². The fourth-order valence-electron chi connectivity index (χ4n) is 1.83. The van der Waals surface area contributed by atoms with Crippen LogP contribution in [0.15, 0.2) is 24.3 Å². The molecule has 4 nitrogen and oxygen atoms in total. The van der Waals surface area contributed by atoms with Crippen molar-refractivity contribution in [2.45, 2.75) is 33.2 Å². The Bertz CT molecular complexity index is 376. The molecule has 1 rings (SSSR count). The Morgan fingerprint density at radius 3 is 2.53 bits per heavy atom. The van der Waals surface area contributed by atoms with E-state index in [4.69, 9.17) is 4.74 Å². The SMILES string of the molecule is CCNC(=O)CCNC(C)c1ccc(OCC)cc1. The topological polar surface area (TPSA) is 50.4 Å². The second kappa shape index (κ2) is 8.53. The van der Waals surface area contributed by atoms with Crippen molar-refractivity contribution in [3.8, 4) is 5.75 Å². The van der Waals surface area contributed by atoms with Crippen LogP contribution < -0.4 is 15.4 Å². The van der Waals surface area contributed by atoms with Crippen molar-refractivity contribution in [3.63, 3.8) is 0 Å². The van der Waals surface area contributed by atoms with E-state index < -0.39 is 0 Å². The minimum absolute atomic E-state index is 0.0916. The summed E-state index contributed by atoms with van der Waals surface area (Å²) in [6.07, 6.45) is 0.509. The lowest BCUT2D eigenvalue weighted by atomic mass is 10.1. The fourth-order valence-corrected chi connectivity index (χ4v) is 1.83. The standard InChI is InChI=1S/C15H24N2O2/c1-4-16-15(18)10-11-17-12(3)13-6-8-14(9-7-13)19-5-2/h6-9,12,17H,4-5,10-11H2,1-3H3,(H,16,18). The van der Waals surface area contributed by atoms with Gasteiger partial charge in [0.2, 0.25) is 5.91 Å². The van der Waals surface area contributed by atoms with Gasteiger partial charge in [-0.25, -0.2) is 0 Å². The van der Waals surface area contributed by atoms with Gasteiger partial charge in [0.15, 0.2) is 0 Å². The Kier molecular flexibility index (Phi) is 6.97. The first kappa shape index (κ1) is 15.5. The summed E-state index contributed by atoms with van der Waals surface area (Å²) in [5, 5.41) is 6.12. The Morgan fingerprint density at radius 1 is 1.26 bits per heavy atom. The van der Waals surface area contributed by atoms with Crippen molar-refractivity contribution >= 4 is 5.91 Å². The lowest BCUT2D eigenvalue weighted by Crippen LogP contribution is -2.28. The molecule has 1 atom stereocenters. The molecule has 1 unspecified atom stereocenters. The maximum absolute atomic E-state index is 11.3. The van der Waals surface area contributed by atoms with Crippen LogP contribution in [-0.2, 0) is 4.79 Å². The summed E-state index contributed by atoms with van der Waals surface area (Å²) in [7, 11) is 0. The normalized spacial score (nSPS) is 11.9. The highest BCUT2D eigenvalue weighted by molar-refractivity contribution is 5.75. The molecule has 0 aliphatic carbocycles. The number of amides is 1. The third-order valence-corrected chi connectivity index (χ3v) is 2.87. The highest BCUT2D eigenvalue weighted by Crippen LogP contribution is 2.17. The van der Waals surface area contributed by atoms with Gasteiger partial charge in [0, 0.05) is 25.6 Å². The molecule has 0 radical (unpaired) electrons. The van der Waals surface area contributed by atoms with Gasteiger partial charge in [0.1, 0.15) is 5.75 Å². The van der Waals surface area contributed by atoms with Gasteiger partial charge >= 0.3 is 0 Å². The molecule has 19 heavy (non-hydrogen) atoms. The van der Waals surface area contributed by atoms with Crippen LogP contribution in [0.25, 0.3) is 0 Å². The van der Waals surface area contributed by atoms with Crippen molar-refractivity contribution in [1.29, 1.82) is 0 Å². The zero-order chi connectivity index (χ0) is 14.1. The maximum atomic E-state index is 11.3. The minimum Gasteiger partial charge on any atom is -0.494 e. The average Bonchev–Trinajstić information content (AvgIpc) is 2.40. The van der Waals surface area contributed by atoms with E-state index in [1.54, 1.807) is 0 Å². The van der Waals surface area contributed by atoms with Crippen molar-refractivity contribution < 1.29 is 9.53 Å². The number of benzene rings is 1. The molecule has 0 aliphatic heterocycles. The molecule has 1 aromatic rings. The van der Waals surface area contributed by atoms with Gasteiger partial charge in [-0.05, 0) is 38.5 Å². The van der Waals surface area contributed by atoms with Gasteiger partial charge < -0.3 is 15.4 Å². The van der Waals surface area contributed by atoms with Gasteiger partial charge in [0.25, 0.3) is 0 Å². The van der Waals surface area contributed by atoms with Crippen LogP contribution in [0.4, 0.5) is 0 Å². The molecule has 2 N–H and O–H groups in total. The summed E-state index contributed by atoms with van der Waals surface area (Å²) in [6, 6.07) is 8.27. The van der Waals surface area contributed by atoms with E-state index in [0.29, 0.717) is 26.1 Å². The molecule has 0 aromatic heterocycles. The Labute approximate surface area is 115 Å². The number of ether oxygens (including phenoxy) is 1. The highest BCUT2D eigenvalue weighted by Gasteiger charge is 2.06. The van der Waals surface area contributed by atoms with E-state index >= 15 is 0 Å². The summed E-state index contributed by atoms with van der Waals surface area (Å²) in [5.74, 6) is 0.981. The molecule has 0 spiro atoms. The molecule has 0 bridgehead atoms. The first-order chi connectivity index (χ1) is 9.17. The number of carbonyl (C=O) groups is 1. The monoisotopic (exact) mass is 264 g/mol. The third kappa shape index (κ3) is 5.75. The first-order valence-corrected chi connectivity index (χ1v) is 6.90. The summed E-state index contributed by atoms with van der Waals surface area (Å²) in [4.78, 5) is 11.3. The number of rotatable bonds is 8. The molecule has 0 heterocycles. The van der Waals surface area contributed by atoms with E-state index in [2.05, 4.69) is 29.7 Å². The smallest absolute Gasteiger partial charge is 0.221 e. The zero-order valence-corrected chi connectivity index (χ0v) is 12.0. The quantitative estimate of drug-likeness (QED) is 0.757. The molecule has 0 fully saturated rings. The number of carbonyl (C=O) groups excluding carboxylic acids is 1.